The predicted molar refractivity (Wildman–Crippen MR) is 112 cm³/mol. The normalized spacial score (nSPS) is 9.89. The lowest BCUT2D eigenvalue weighted by Gasteiger charge is -2.03. The van der Waals surface area contributed by atoms with Crippen molar-refractivity contribution in [1.82, 2.24) is 5.32 Å². The molecule has 0 saturated heterocycles. The number of carbonyl (C=O) groups is 2. The standard InChI is InChI=1S/C13H29N3.C8H6O4/c1-2-3-4-5-6-7-8-9-10-11-12-16-13(14)15;9-7(10)5-3-1-2-4-6(5)8(11)12/h2-12H2,1H3,(H4,14,15,16);1-4H,(H,9,10)(H,11,12). The molecule has 6 N–H and O–H groups in total. The first-order chi connectivity index (χ1) is 13.4. The van der Waals surface area contributed by atoms with E-state index in [2.05, 4.69) is 12.2 Å². The van der Waals surface area contributed by atoms with E-state index in [9.17, 15) is 9.59 Å². The number of benzene rings is 1. The average Bonchev–Trinajstić information content (AvgIpc) is 2.66. The number of rotatable bonds is 13. The van der Waals surface area contributed by atoms with Crippen molar-refractivity contribution in [2.24, 2.45) is 5.73 Å². The lowest BCUT2D eigenvalue weighted by molar-refractivity contribution is 0.0651. The van der Waals surface area contributed by atoms with E-state index in [4.69, 9.17) is 21.4 Å². The summed E-state index contributed by atoms with van der Waals surface area (Å²) in [5.74, 6) is -2.36. The summed E-state index contributed by atoms with van der Waals surface area (Å²) in [6.07, 6.45) is 13.5. The largest absolute Gasteiger partial charge is 0.478 e. The lowest BCUT2D eigenvalue weighted by Crippen LogP contribution is -2.30. The molecule has 7 heteroatoms. The summed E-state index contributed by atoms with van der Waals surface area (Å²) in [5, 5.41) is 26.9. The van der Waals surface area contributed by atoms with Gasteiger partial charge >= 0.3 is 11.9 Å². The molecule has 0 saturated carbocycles. The maximum atomic E-state index is 10.5. The summed E-state index contributed by atoms with van der Waals surface area (Å²) in [7, 11) is 0. The minimum absolute atomic E-state index is 0.0934. The number of hydrogen-bond donors (Lipinski definition) is 5. The van der Waals surface area contributed by atoms with E-state index in [0.717, 1.165) is 13.0 Å². The monoisotopic (exact) mass is 393 g/mol. The van der Waals surface area contributed by atoms with E-state index in [1.54, 1.807) is 0 Å². The molecule has 1 aromatic rings. The van der Waals surface area contributed by atoms with Crippen LogP contribution in [0.1, 0.15) is 91.8 Å². The van der Waals surface area contributed by atoms with Gasteiger partial charge < -0.3 is 21.3 Å². The zero-order chi connectivity index (χ0) is 21.2. The number of carboxylic acids is 2. The molecular weight excluding hydrogens is 358 g/mol. The van der Waals surface area contributed by atoms with Crippen molar-refractivity contribution in [3.05, 3.63) is 35.4 Å². The molecule has 28 heavy (non-hydrogen) atoms. The Balaban J connectivity index is 0.000000540. The Bertz CT molecular complexity index is 558. The van der Waals surface area contributed by atoms with Crippen LogP contribution in [-0.2, 0) is 0 Å². The van der Waals surface area contributed by atoms with Crippen LogP contribution in [0.3, 0.4) is 0 Å². The number of aromatic carboxylic acids is 2. The number of guanidine groups is 1. The van der Waals surface area contributed by atoms with Crippen LogP contribution in [0.25, 0.3) is 0 Å². The summed E-state index contributed by atoms with van der Waals surface area (Å²) in [6, 6.07) is 5.48. The highest BCUT2D eigenvalue weighted by Crippen LogP contribution is 2.10. The van der Waals surface area contributed by atoms with Crippen LogP contribution >= 0.6 is 0 Å². The molecule has 0 fully saturated rings. The fourth-order valence-electron chi connectivity index (χ4n) is 2.69. The molecule has 0 heterocycles. The third-order valence-corrected chi connectivity index (χ3v) is 4.23. The van der Waals surface area contributed by atoms with Crippen molar-refractivity contribution in [1.29, 1.82) is 5.41 Å². The quantitative estimate of drug-likeness (QED) is 0.190. The average molecular weight is 394 g/mol. The summed E-state index contributed by atoms with van der Waals surface area (Å²) in [4.78, 5) is 20.9. The SMILES string of the molecule is CCCCCCCCCCCCNC(=N)N.O=C(O)c1ccccc1C(=O)O. The topological polar surface area (TPSA) is 136 Å². The van der Waals surface area contributed by atoms with Crippen molar-refractivity contribution in [2.75, 3.05) is 6.54 Å². The Morgan fingerprint density at radius 2 is 1.25 bits per heavy atom. The molecule has 0 amide bonds. The zero-order valence-electron chi connectivity index (χ0n) is 16.9. The Morgan fingerprint density at radius 3 is 1.61 bits per heavy atom. The smallest absolute Gasteiger partial charge is 0.336 e. The van der Waals surface area contributed by atoms with Crippen molar-refractivity contribution >= 4 is 17.9 Å². The molecule has 0 radical (unpaired) electrons. The molecule has 0 spiro atoms. The first-order valence-electron chi connectivity index (χ1n) is 10.0. The number of nitrogens with two attached hydrogens (primary N) is 1. The first kappa shape index (κ1) is 25.4. The van der Waals surface area contributed by atoms with Gasteiger partial charge in [-0.15, -0.1) is 0 Å². The van der Waals surface area contributed by atoms with E-state index in [-0.39, 0.29) is 17.1 Å². The number of carboxylic acid groups (broad SMARTS) is 2. The number of unbranched alkanes of at least 4 members (excludes halogenated alkanes) is 9. The van der Waals surface area contributed by atoms with Gasteiger partial charge in [-0.2, -0.15) is 0 Å². The van der Waals surface area contributed by atoms with Crippen molar-refractivity contribution in [3.8, 4) is 0 Å². The van der Waals surface area contributed by atoms with Gasteiger partial charge in [-0.05, 0) is 18.6 Å². The van der Waals surface area contributed by atoms with Crippen LogP contribution in [0.2, 0.25) is 0 Å². The van der Waals surface area contributed by atoms with Gasteiger partial charge in [0.1, 0.15) is 0 Å². The molecule has 0 aliphatic heterocycles. The van der Waals surface area contributed by atoms with Gasteiger partial charge in [0, 0.05) is 6.54 Å². The van der Waals surface area contributed by atoms with Crippen LogP contribution in [0.4, 0.5) is 0 Å². The van der Waals surface area contributed by atoms with Crippen molar-refractivity contribution in [3.63, 3.8) is 0 Å². The maximum absolute atomic E-state index is 10.5. The fourth-order valence-corrected chi connectivity index (χ4v) is 2.69. The predicted octanol–water partition coefficient (Wildman–Crippen LogP) is 4.47. The maximum Gasteiger partial charge on any atom is 0.336 e. The summed E-state index contributed by atoms with van der Waals surface area (Å²) in [6.45, 7) is 3.11. The second-order valence-corrected chi connectivity index (χ2v) is 6.68. The molecule has 0 atom stereocenters. The van der Waals surface area contributed by atoms with E-state index in [0.29, 0.717) is 0 Å². The van der Waals surface area contributed by atoms with Crippen molar-refractivity contribution in [2.45, 2.75) is 71.1 Å². The highest BCUT2D eigenvalue weighted by atomic mass is 16.4. The van der Waals surface area contributed by atoms with Gasteiger partial charge in [-0.25, -0.2) is 9.59 Å². The second-order valence-electron chi connectivity index (χ2n) is 6.68. The van der Waals surface area contributed by atoms with Crippen LogP contribution in [0.5, 0.6) is 0 Å². The van der Waals surface area contributed by atoms with Crippen LogP contribution in [0.15, 0.2) is 24.3 Å². The highest BCUT2D eigenvalue weighted by molar-refractivity contribution is 6.01. The van der Waals surface area contributed by atoms with Gasteiger partial charge in [0.05, 0.1) is 11.1 Å². The Hall–Kier alpha value is -2.57. The molecule has 0 aliphatic rings. The minimum atomic E-state index is -1.23. The highest BCUT2D eigenvalue weighted by Gasteiger charge is 2.13. The molecule has 0 aromatic heterocycles. The van der Waals surface area contributed by atoms with Gasteiger partial charge in [0.2, 0.25) is 0 Å². The van der Waals surface area contributed by atoms with E-state index in [1.807, 2.05) is 0 Å². The Morgan fingerprint density at radius 1 is 0.857 bits per heavy atom. The lowest BCUT2D eigenvalue weighted by atomic mass is 10.1. The Kier molecular flexibility index (Phi) is 15.1. The number of nitrogens with one attached hydrogen (secondary N) is 2. The van der Waals surface area contributed by atoms with E-state index < -0.39 is 11.9 Å². The molecule has 0 bridgehead atoms. The molecule has 0 aliphatic carbocycles. The van der Waals surface area contributed by atoms with Crippen LogP contribution < -0.4 is 11.1 Å². The van der Waals surface area contributed by atoms with Gasteiger partial charge in [0.25, 0.3) is 0 Å². The van der Waals surface area contributed by atoms with Crippen LogP contribution in [0, 0.1) is 5.41 Å². The Labute approximate surface area is 167 Å². The van der Waals surface area contributed by atoms with E-state index >= 15 is 0 Å². The third kappa shape index (κ3) is 13.6. The second kappa shape index (κ2) is 16.6. The first-order valence-corrected chi connectivity index (χ1v) is 10.0. The number of hydrogen-bond acceptors (Lipinski definition) is 3. The van der Waals surface area contributed by atoms with Crippen molar-refractivity contribution < 1.29 is 19.8 Å². The third-order valence-electron chi connectivity index (χ3n) is 4.23. The fraction of sp³-hybridized carbons (Fsp3) is 0.571. The molecule has 1 rings (SSSR count). The molecule has 1 aromatic carbocycles. The van der Waals surface area contributed by atoms with E-state index in [1.165, 1.54) is 82.1 Å². The minimum Gasteiger partial charge on any atom is -0.478 e. The summed E-state index contributed by atoms with van der Waals surface area (Å²) in [5.41, 5.74) is 4.81. The summed E-state index contributed by atoms with van der Waals surface area (Å²) >= 11 is 0. The molecule has 0 unspecified atom stereocenters. The molecule has 7 nitrogen and oxygen atoms in total. The molecule has 158 valence electrons. The van der Waals surface area contributed by atoms with Gasteiger partial charge in [-0.3, -0.25) is 5.41 Å². The van der Waals surface area contributed by atoms with Gasteiger partial charge in [-0.1, -0.05) is 76.8 Å². The molecular formula is C21H35N3O4. The van der Waals surface area contributed by atoms with Crippen LogP contribution in [-0.4, -0.2) is 34.7 Å². The summed E-state index contributed by atoms with van der Waals surface area (Å²) < 4.78 is 0. The zero-order valence-corrected chi connectivity index (χ0v) is 16.9. The van der Waals surface area contributed by atoms with Gasteiger partial charge in [0.15, 0.2) is 5.96 Å².